The summed E-state index contributed by atoms with van der Waals surface area (Å²) in [7, 11) is -0.831. The molecule has 0 aromatic carbocycles. The van der Waals surface area contributed by atoms with Gasteiger partial charge in [0.1, 0.15) is 0 Å². The van der Waals surface area contributed by atoms with Gasteiger partial charge in [-0.1, -0.05) is 19.3 Å². The van der Waals surface area contributed by atoms with E-state index in [1.54, 1.807) is 6.26 Å². The average Bonchev–Trinajstić information content (AvgIpc) is 2.18. The summed E-state index contributed by atoms with van der Waals surface area (Å²) in [4.78, 5) is 11.4. The van der Waals surface area contributed by atoms with Gasteiger partial charge >= 0.3 is 6.03 Å². The fraction of sp³-hybridized carbons (Fsp3) is 0.900. The first-order chi connectivity index (χ1) is 7.18. The highest BCUT2D eigenvalue weighted by Gasteiger charge is 2.14. The second-order valence-electron chi connectivity index (χ2n) is 4.01. The van der Waals surface area contributed by atoms with Crippen molar-refractivity contribution in [1.29, 1.82) is 0 Å². The summed E-state index contributed by atoms with van der Waals surface area (Å²) in [6.45, 7) is 0.488. The number of urea groups is 1. The van der Waals surface area contributed by atoms with Crippen molar-refractivity contribution in [2.75, 3.05) is 18.6 Å². The minimum Gasteiger partial charge on any atom is -0.337 e. The molecule has 0 saturated heterocycles. The largest absolute Gasteiger partial charge is 0.337 e. The fourth-order valence-electron chi connectivity index (χ4n) is 1.79. The minimum atomic E-state index is -0.831. The molecule has 2 N–H and O–H groups in total. The summed E-state index contributed by atoms with van der Waals surface area (Å²) in [6, 6.07) is 0.221. The van der Waals surface area contributed by atoms with Crippen molar-refractivity contribution < 1.29 is 9.00 Å². The van der Waals surface area contributed by atoms with Gasteiger partial charge < -0.3 is 10.6 Å². The lowest BCUT2D eigenvalue weighted by molar-refractivity contribution is 0.233. The molecule has 0 aromatic heterocycles. The Labute approximate surface area is 93.7 Å². The van der Waals surface area contributed by atoms with Gasteiger partial charge in [0.15, 0.2) is 0 Å². The van der Waals surface area contributed by atoms with Crippen molar-refractivity contribution in [3.05, 3.63) is 0 Å². The highest BCUT2D eigenvalue weighted by molar-refractivity contribution is 7.84. The third-order valence-corrected chi connectivity index (χ3v) is 3.39. The molecule has 0 aliphatic heterocycles. The Morgan fingerprint density at radius 1 is 1.33 bits per heavy atom. The average molecular weight is 232 g/mol. The normalized spacial score (nSPS) is 19.5. The maximum atomic E-state index is 11.4. The first-order valence-electron chi connectivity index (χ1n) is 5.53. The number of amides is 2. The Morgan fingerprint density at radius 2 is 2.00 bits per heavy atom. The van der Waals surface area contributed by atoms with Crippen LogP contribution in [0.4, 0.5) is 4.79 Å². The van der Waals surface area contributed by atoms with Gasteiger partial charge in [0, 0.05) is 35.4 Å². The molecule has 1 saturated carbocycles. The van der Waals surface area contributed by atoms with E-state index in [1.165, 1.54) is 19.3 Å². The standard InChI is InChI=1S/C10H20N2O2S/c1-15(14)8-7-11-10(13)12-9-5-3-2-4-6-9/h9H,2-8H2,1H3,(H2,11,12,13)/t15-/m1/s1. The topological polar surface area (TPSA) is 58.2 Å². The Morgan fingerprint density at radius 3 is 2.60 bits per heavy atom. The minimum absolute atomic E-state index is 0.118. The molecule has 2 amide bonds. The van der Waals surface area contributed by atoms with E-state index in [1.807, 2.05) is 0 Å². The summed E-state index contributed by atoms with van der Waals surface area (Å²) < 4.78 is 10.8. The van der Waals surface area contributed by atoms with Crippen LogP contribution in [-0.2, 0) is 10.8 Å². The monoisotopic (exact) mass is 232 g/mol. The molecular weight excluding hydrogens is 212 g/mol. The summed E-state index contributed by atoms with van der Waals surface area (Å²) in [5.74, 6) is 0.526. The van der Waals surface area contributed by atoms with Crippen molar-refractivity contribution in [2.24, 2.45) is 0 Å². The summed E-state index contributed by atoms with van der Waals surface area (Å²) in [6.07, 6.45) is 7.53. The van der Waals surface area contributed by atoms with E-state index >= 15 is 0 Å². The summed E-state index contributed by atoms with van der Waals surface area (Å²) in [5, 5.41) is 5.66. The Hall–Kier alpha value is -0.580. The van der Waals surface area contributed by atoms with E-state index in [9.17, 15) is 9.00 Å². The number of rotatable bonds is 4. The first-order valence-corrected chi connectivity index (χ1v) is 7.25. The van der Waals surface area contributed by atoms with Gasteiger partial charge in [-0.2, -0.15) is 0 Å². The van der Waals surface area contributed by atoms with E-state index in [2.05, 4.69) is 10.6 Å². The molecular formula is C10H20N2O2S. The third-order valence-electron chi connectivity index (χ3n) is 2.62. The van der Waals surface area contributed by atoms with Crippen molar-refractivity contribution in [1.82, 2.24) is 10.6 Å². The highest BCUT2D eigenvalue weighted by Crippen LogP contribution is 2.16. The van der Waals surface area contributed by atoms with Gasteiger partial charge in [-0.3, -0.25) is 4.21 Å². The van der Waals surface area contributed by atoms with Crippen LogP contribution in [0.1, 0.15) is 32.1 Å². The van der Waals surface area contributed by atoms with Gasteiger partial charge in [0.25, 0.3) is 0 Å². The van der Waals surface area contributed by atoms with Crippen LogP contribution in [0.5, 0.6) is 0 Å². The molecule has 0 bridgehead atoms. The molecule has 1 fully saturated rings. The van der Waals surface area contributed by atoms with Crippen LogP contribution in [-0.4, -0.2) is 34.8 Å². The fourth-order valence-corrected chi connectivity index (χ4v) is 2.18. The number of hydrogen-bond donors (Lipinski definition) is 2. The zero-order valence-corrected chi connectivity index (χ0v) is 10.1. The molecule has 0 heterocycles. The van der Waals surface area contributed by atoms with Gasteiger partial charge in [-0.15, -0.1) is 0 Å². The molecule has 15 heavy (non-hydrogen) atoms. The van der Waals surface area contributed by atoms with E-state index < -0.39 is 10.8 Å². The van der Waals surface area contributed by atoms with Crippen LogP contribution in [0.2, 0.25) is 0 Å². The maximum Gasteiger partial charge on any atom is 0.315 e. The van der Waals surface area contributed by atoms with Crippen molar-refractivity contribution in [3.8, 4) is 0 Å². The zero-order chi connectivity index (χ0) is 11.1. The summed E-state index contributed by atoms with van der Waals surface area (Å²) >= 11 is 0. The molecule has 0 unspecified atom stereocenters. The van der Waals surface area contributed by atoms with Crippen molar-refractivity contribution >= 4 is 16.8 Å². The van der Waals surface area contributed by atoms with Crippen molar-refractivity contribution in [2.45, 2.75) is 38.1 Å². The van der Waals surface area contributed by atoms with Gasteiger partial charge in [0.2, 0.25) is 0 Å². The lowest BCUT2D eigenvalue weighted by atomic mass is 9.96. The smallest absolute Gasteiger partial charge is 0.315 e. The van der Waals surface area contributed by atoms with Crippen LogP contribution in [0.15, 0.2) is 0 Å². The Balaban J connectivity index is 2.09. The lowest BCUT2D eigenvalue weighted by Crippen LogP contribution is -2.43. The Kier molecular flexibility index (Phi) is 5.68. The van der Waals surface area contributed by atoms with Crippen LogP contribution < -0.4 is 10.6 Å². The van der Waals surface area contributed by atoms with E-state index in [4.69, 9.17) is 0 Å². The molecule has 1 atom stereocenters. The first kappa shape index (κ1) is 12.5. The SMILES string of the molecule is C[S@@](=O)CCNC(=O)NC1CCCCC1. The van der Waals surface area contributed by atoms with Crippen molar-refractivity contribution in [3.63, 3.8) is 0 Å². The number of nitrogens with one attached hydrogen (secondary N) is 2. The molecule has 1 rings (SSSR count). The zero-order valence-electron chi connectivity index (χ0n) is 9.25. The second-order valence-corrected chi connectivity index (χ2v) is 5.57. The van der Waals surface area contributed by atoms with E-state index in [0.29, 0.717) is 18.3 Å². The molecule has 1 aliphatic carbocycles. The molecule has 0 spiro atoms. The van der Waals surface area contributed by atoms with E-state index in [-0.39, 0.29) is 6.03 Å². The lowest BCUT2D eigenvalue weighted by Gasteiger charge is -2.22. The summed E-state index contributed by atoms with van der Waals surface area (Å²) in [5.41, 5.74) is 0. The van der Waals surface area contributed by atoms with Crippen LogP contribution in [0.25, 0.3) is 0 Å². The highest BCUT2D eigenvalue weighted by atomic mass is 32.2. The molecule has 5 heteroatoms. The van der Waals surface area contributed by atoms with Gasteiger partial charge in [0.05, 0.1) is 0 Å². The van der Waals surface area contributed by atoms with Crippen LogP contribution in [0.3, 0.4) is 0 Å². The van der Waals surface area contributed by atoms with Gasteiger partial charge in [-0.05, 0) is 12.8 Å². The van der Waals surface area contributed by atoms with Gasteiger partial charge in [-0.25, -0.2) is 4.79 Å². The number of carbonyl (C=O) groups is 1. The molecule has 88 valence electrons. The van der Waals surface area contributed by atoms with E-state index in [0.717, 1.165) is 12.8 Å². The number of hydrogen-bond acceptors (Lipinski definition) is 2. The quantitative estimate of drug-likeness (QED) is 0.759. The molecule has 0 aromatic rings. The second kappa shape index (κ2) is 6.82. The maximum absolute atomic E-state index is 11.4. The predicted octanol–water partition coefficient (Wildman–Crippen LogP) is 0.997. The molecule has 0 radical (unpaired) electrons. The molecule has 4 nitrogen and oxygen atoms in total. The Bertz CT molecular complexity index is 227. The van der Waals surface area contributed by atoms with Crippen LogP contribution in [0, 0.1) is 0 Å². The predicted molar refractivity (Wildman–Crippen MR) is 62.3 cm³/mol. The van der Waals surface area contributed by atoms with Crippen LogP contribution >= 0.6 is 0 Å². The number of carbonyl (C=O) groups excluding carboxylic acids is 1. The molecule has 1 aliphatic rings. The third kappa shape index (κ3) is 5.77.